The number of rotatable bonds is 5. The zero-order valence-electron chi connectivity index (χ0n) is 9.83. The van der Waals surface area contributed by atoms with Gasteiger partial charge in [0.1, 0.15) is 0 Å². The molecule has 86 valence electrons. The first-order valence-corrected chi connectivity index (χ1v) is 5.56. The van der Waals surface area contributed by atoms with Crippen molar-refractivity contribution in [3.8, 4) is 0 Å². The highest BCUT2D eigenvalue weighted by Crippen LogP contribution is 2.15. The SMILES string of the molecule is CNCCN(C)Cc1[nH]nc2ccccc12. The van der Waals surface area contributed by atoms with Gasteiger partial charge in [-0.3, -0.25) is 10.00 Å². The second-order valence-electron chi connectivity index (χ2n) is 4.06. The number of H-pyrrole nitrogens is 1. The number of aromatic nitrogens is 2. The highest BCUT2D eigenvalue weighted by Gasteiger charge is 2.06. The first-order chi connectivity index (χ1) is 7.81. The van der Waals surface area contributed by atoms with Crippen LogP contribution in [0.1, 0.15) is 5.69 Å². The molecule has 0 unspecified atom stereocenters. The number of hydrogen-bond donors (Lipinski definition) is 2. The molecule has 0 radical (unpaired) electrons. The van der Waals surface area contributed by atoms with Crippen molar-refractivity contribution in [2.24, 2.45) is 0 Å². The Morgan fingerprint density at radius 2 is 2.19 bits per heavy atom. The minimum Gasteiger partial charge on any atom is -0.318 e. The largest absolute Gasteiger partial charge is 0.318 e. The number of hydrogen-bond acceptors (Lipinski definition) is 3. The molecule has 0 aliphatic rings. The predicted octanol–water partition coefficient (Wildman–Crippen LogP) is 1.21. The van der Waals surface area contributed by atoms with E-state index in [0.717, 1.165) is 25.2 Å². The molecule has 0 spiro atoms. The van der Waals surface area contributed by atoms with E-state index in [1.54, 1.807) is 0 Å². The van der Waals surface area contributed by atoms with Crippen molar-refractivity contribution in [2.75, 3.05) is 27.2 Å². The van der Waals surface area contributed by atoms with E-state index in [1.165, 1.54) is 11.1 Å². The first kappa shape index (κ1) is 11.1. The zero-order chi connectivity index (χ0) is 11.4. The third-order valence-electron chi connectivity index (χ3n) is 2.71. The van der Waals surface area contributed by atoms with Crippen molar-refractivity contribution in [2.45, 2.75) is 6.54 Å². The van der Waals surface area contributed by atoms with Gasteiger partial charge in [0.05, 0.1) is 11.2 Å². The zero-order valence-corrected chi connectivity index (χ0v) is 9.83. The van der Waals surface area contributed by atoms with Crippen LogP contribution in [0.4, 0.5) is 0 Å². The predicted molar refractivity (Wildman–Crippen MR) is 66.4 cm³/mol. The van der Waals surface area contributed by atoms with Gasteiger partial charge in [-0.25, -0.2) is 0 Å². The van der Waals surface area contributed by atoms with E-state index in [9.17, 15) is 0 Å². The summed E-state index contributed by atoms with van der Waals surface area (Å²) in [7, 11) is 4.09. The van der Waals surface area contributed by atoms with Crippen molar-refractivity contribution in [3.05, 3.63) is 30.0 Å². The van der Waals surface area contributed by atoms with Gasteiger partial charge in [-0.1, -0.05) is 18.2 Å². The topological polar surface area (TPSA) is 44.0 Å². The molecule has 16 heavy (non-hydrogen) atoms. The average Bonchev–Trinajstić information content (AvgIpc) is 2.70. The third-order valence-corrected chi connectivity index (χ3v) is 2.71. The Hall–Kier alpha value is -1.39. The number of fused-ring (bicyclic) bond motifs is 1. The summed E-state index contributed by atoms with van der Waals surface area (Å²) < 4.78 is 0. The molecule has 2 aromatic rings. The maximum absolute atomic E-state index is 4.28. The summed E-state index contributed by atoms with van der Waals surface area (Å²) in [6.07, 6.45) is 0. The summed E-state index contributed by atoms with van der Waals surface area (Å²) in [6.45, 7) is 2.94. The van der Waals surface area contributed by atoms with Crippen molar-refractivity contribution < 1.29 is 0 Å². The minimum atomic E-state index is 0.905. The van der Waals surface area contributed by atoms with Crippen molar-refractivity contribution >= 4 is 10.9 Å². The monoisotopic (exact) mass is 218 g/mol. The number of likely N-dealkylation sites (N-methyl/N-ethyl adjacent to an activating group) is 2. The molecule has 0 fully saturated rings. The molecule has 1 aromatic carbocycles. The molecule has 1 heterocycles. The van der Waals surface area contributed by atoms with E-state index in [1.807, 2.05) is 19.2 Å². The van der Waals surface area contributed by atoms with Gasteiger partial charge in [0, 0.05) is 25.0 Å². The summed E-state index contributed by atoms with van der Waals surface area (Å²) >= 11 is 0. The maximum atomic E-state index is 4.28. The lowest BCUT2D eigenvalue weighted by molar-refractivity contribution is 0.325. The maximum Gasteiger partial charge on any atom is 0.0924 e. The van der Waals surface area contributed by atoms with E-state index in [2.05, 4.69) is 39.6 Å². The third kappa shape index (κ3) is 2.40. The van der Waals surface area contributed by atoms with Crippen LogP contribution in [0.15, 0.2) is 24.3 Å². The van der Waals surface area contributed by atoms with Gasteiger partial charge in [-0.2, -0.15) is 5.10 Å². The Morgan fingerprint density at radius 1 is 1.38 bits per heavy atom. The number of nitrogens with zero attached hydrogens (tertiary/aromatic N) is 2. The lowest BCUT2D eigenvalue weighted by atomic mass is 10.2. The van der Waals surface area contributed by atoms with Crippen LogP contribution >= 0.6 is 0 Å². The van der Waals surface area contributed by atoms with E-state index in [4.69, 9.17) is 0 Å². The standard InChI is InChI=1S/C12H18N4/c1-13-7-8-16(2)9-12-10-5-3-4-6-11(10)14-15-12/h3-6,13H,7-9H2,1-2H3,(H,14,15). The molecule has 4 nitrogen and oxygen atoms in total. The second kappa shape index (κ2) is 5.09. The van der Waals surface area contributed by atoms with Crippen molar-refractivity contribution in [1.82, 2.24) is 20.4 Å². The average molecular weight is 218 g/mol. The first-order valence-electron chi connectivity index (χ1n) is 5.56. The van der Waals surface area contributed by atoms with Crippen molar-refractivity contribution in [1.29, 1.82) is 0 Å². The van der Waals surface area contributed by atoms with Crippen LogP contribution in [-0.4, -0.2) is 42.3 Å². The van der Waals surface area contributed by atoms with Gasteiger partial charge in [0.2, 0.25) is 0 Å². The van der Waals surface area contributed by atoms with Gasteiger partial charge in [0.15, 0.2) is 0 Å². The van der Waals surface area contributed by atoms with Crippen LogP contribution in [0.2, 0.25) is 0 Å². The number of nitrogens with one attached hydrogen (secondary N) is 2. The molecule has 0 aliphatic heterocycles. The van der Waals surface area contributed by atoms with Gasteiger partial charge in [-0.05, 0) is 20.2 Å². The van der Waals surface area contributed by atoms with Crippen LogP contribution in [0.25, 0.3) is 10.9 Å². The molecule has 4 heteroatoms. The van der Waals surface area contributed by atoms with E-state index in [-0.39, 0.29) is 0 Å². The molecule has 0 amide bonds. The number of para-hydroxylation sites is 1. The molecular weight excluding hydrogens is 200 g/mol. The van der Waals surface area contributed by atoms with E-state index in [0.29, 0.717) is 0 Å². The smallest absolute Gasteiger partial charge is 0.0924 e. The highest BCUT2D eigenvalue weighted by molar-refractivity contribution is 5.81. The fraction of sp³-hybridized carbons (Fsp3) is 0.417. The van der Waals surface area contributed by atoms with Gasteiger partial charge >= 0.3 is 0 Å². The molecule has 0 saturated carbocycles. The molecule has 0 atom stereocenters. The lowest BCUT2D eigenvalue weighted by Gasteiger charge is -2.15. The van der Waals surface area contributed by atoms with Gasteiger partial charge in [-0.15, -0.1) is 0 Å². The summed E-state index contributed by atoms with van der Waals surface area (Å²) in [5.41, 5.74) is 2.23. The molecule has 0 bridgehead atoms. The molecule has 1 aromatic heterocycles. The Kier molecular flexibility index (Phi) is 3.54. The van der Waals surface area contributed by atoms with E-state index >= 15 is 0 Å². The quantitative estimate of drug-likeness (QED) is 0.793. The van der Waals surface area contributed by atoms with Crippen LogP contribution < -0.4 is 5.32 Å². The summed E-state index contributed by atoms with van der Waals surface area (Å²) in [5, 5.41) is 11.8. The summed E-state index contributed by atoms with van der Waals surface area (Å²) in [4.78, 5) is 2.27. The summed E-state index contributed by atoms with van der Waals surface area (Å²) in [6, 6.07) is 8.20. The highest BCUT2D eigenvalue weighted by atomic mass is 15.2. The minimum absolute atomic E-state index is 0.905. The van der Waals surface area contributed by atoms with Crippen LogP contribution in [0, 0.1) is 0 Å². The van der Waals surface area contributed by atoms with Gasteiger partial charge in [0.25, 0.3) is 0 Å². The number of aromatic amines is 1. The fourth-order valence-corrected chi connectivity index (χ4v) is 1.79. The molecule has 0 aliphatic carbocycles. The van der Waals surface area contributed by atoms with Crippen LogP contribution in [0.3, 0.4) is 0 Å². The normalized spacial score (nSPS) is 11.4. The second-order valence-corrected chi connectivity index (χ2v) is 4.06. The molecular formula is C12H18N4. The lowest BCUT2D eigenvalue weighted by Crippen LogP contribution is -2.27. The summed E-state index contributed by atoms with van der Waals surface area (Å²) in [5.74, 6) is 0. The van der Waals surface area contributed by atoms with Crippen molar-refractivity contribution in [3.63, 3.8) is 0 Å². The Labute approximate surface area is 95.6 Å². The number of benzene rings is 1. The van der Waals surface area contributed by atoms with Crippen LogP contribution in [0.5, 0.6) is 0 Å². The van der Waals surface area contributed by atoms with Gasteiger partial charge < -0.3 is 5.32 Å². The Morgan fingerprint density at radius 3 is 3.00 bits per heavy atom. The van der Waals surface area contributed by atoms with E-state index < -0.39 is 0 Å². The Balaban J connectivity index is 2.09. The molecule has 2 rings (SSSR count). The fourth-order valence-electron chi connectivity index (χ4n) is 1.79. The molecule has 2 N–H and O–H groups in total. The molecule has 0 saturated heterocycles. The van der Waals surface area contributed by atoms with Crippen LogP contribution in [-0.2, 0) is 6.54 Å². The Bertz CT molecular complexity index is 449.